The van der Waals surface area contributed by atoms with E-state index in [4.69, 9.17) is 5.73 Å². The number of benzene rings is 1. The summed E-state index contributed by atoms with van der Waals surface area (Å²) in [6.45, 7) is 0. The highest BCUT2D eigenvalue weighted by atomic mass is 16.1. The Morgan fingerprint density at radius 1 is 1.25 bits per heavy atom. The molecule has 12 heavy (non-hydrogen) atoms. The van der Waals surface area contributed by atoms with Crippen LogP contribution in [0.5, 0.6) is 0 Å². The normalized spacial score (nSPS) is 8.17. The van der Waals surface area contributed by atoms with Crippen LogP contribution in [0.25, 0.3) is 0 Å². The predicted octanol–water partition coefficient (Wildman–Crippen LogP) is 0.621. The number of amides is 1. The van der Waals surface area contributed by atoms with Crippen LogP contribution in [0.1, 0.15) is 10.4 Å². The number of carbonyl (C=O) groups excluding carboxylic acids is 1. The highest BCUT2D eigenvalue weighted by Crippen LogP contribution is 1.94. The van der Waals surface area contributed by atoms with E-state index in [1.54, 1.807) is 24.3 Å². The van der Waals surface area contributed by atoms with Gasteiger partial charge < -0.3 is 11.1 Å². The summed E-state index contributed by atoms with van der Waals surface area (Å²) in [5, 5.41) is 2.75. The molecule has 0 fully saturated rings. The molecule has 1 amide bonds. The predicted molar refractivity (Wildman–Crippen MR) is 49.9 cm³/mol. The summed E-state index contributed by atoms with van der Waals surface area (Å²) < 4.78 is 0. The molecule has 1 aromatic rings. The van der Waals surface area contributed by atoms with Crippen molar-refractivity contribution in [2.75, 3.05) is 14.1 Å². The fraction of sp³-hybridized carbons (Fsp3) is 0.222. The van der Waals surface area contributed by atoms with Crippen molar-refractivity contribution < 1.29 is 4.79 Å². The average Bonchev–Trinajstić information content (AvgIpc) is 2.07. The third kappa shape index (κ3) is 4.46. The molecule has 0 aliphatic rings. The summed E-state index contributed by atoms with van der Waals surface area (Å²) in [5.74, 6) is -0.379. The third-order valence-corrected chi connectivity index (χ3v) is 1.06. The minimum Gasteiger partial charge on any atom is -0.366 e. The van der Waals surface area contributed by atoms with Crippen LogP contribution in [-0.4, -0.2) is 20.0 Å². The second kappa shape index (κ2) is 6.37. The van der Waals surface area contributed by atoms with E-state index in [0.717, 1.165) is 0 Å². The van der Waals surface area contributed by atoms with Crippen LogP contribution in [0, 0.1) is 0 Å². The maximum Gasteiger partial charge on any atom is 0.248 e. The van der Waals surface area contributed by atoms with Gasteiger partial charge in [0, 0.05) is 5.56 Å². The van der Waals surface area contributed by atoms with Gasteiger partial charge in [-0.25, -0.2) is 0 Å². The Kier molecular flexibility index (Phi) is 5.65. The molecule has 0 saturated carbocycles. The van der Waals surface area contributed by atoms with Gasteiger partial charge in [0.2, 0.25) is 5.91 Å². The van der Waals surface area contributed by atoms with E-state index in [-0.39, 0.29) is 5.91 Å². The summed E-state index contributed by atoms with van der Waals surface area (Å²) in [5.41, 5.74) is 5.53. The highest BCUT2D eigenvalue weighted by molar-refractivity contribution is 5.92. The van der Waals surface area contributed by atoms with E-state index in [0.29, 0.717) is 5.56 Å². The number of rotatable bonds is 1. The van der Waals surface area contributed by atoms with Gasteiger partial charge in [-0.1, -0.05) is 18.2 Å². The van der Waals surface area contributed by atoms with Crippen LogP contribution in [0.15, 0.2) is 30.3 Å². The molecule has 66 valence electrons. The summed E-state index contributed by atoms with van der Waals surface area (Å²) in [6.07, 6.45) is 0. The van der Waals surface area contributed by atoms with Crippen LogP contribution >= 0.6 is 0 Å². The topological polar surface area (TPSA) is 55.1 Å². The lowest BCUT2D eigenvalue weighted by Gasteiger charge is -1.89. The lowest BCUT2D eigenvalue weighted by Crippen LogP contribution is -2.09. The van der Waals surface area contributed by atoms with Crippen molar-refractivity contribution in [1.82, 2.24) is 5.32 Å². The molecule has 0 spiro atoms. The molecule has 0 atom stereocenters. The first-order chi connectivity index (χ1) is 5.72. The van der Waals surface area contributed by atoms with Gasteiger partial charge in [0.25, 0.3) is 0 Å². The SMILES string of the molecule is CNC.NC(=O)c1ccccc1. The number of primary amides is 1. The zero-order chi connectivity index (χ0) is 9.40. The van der Waals surface area contributed by atoms with Gasteiger partial charge >= 0.3 is 0 Å². The molecule has 0 saturated heterocycles. The first kappa shape index (κ1) is 10.7. The summed E-state index contributed by atoms with van der Waals surface area (Å²) in [7, 11) is 3.75. The van der Waals surface area contributed by atoms with Crippen molar-refractivity contribution >= 4 is 5.91 Å². The lowest BCUT2D eigenvalue weighted by molar-refractivity contribution is 0.100. The van der Waals surface area contributed by atoms with E-state index < -0.39 is 0 Å². The molecule has 3 N–H and O–H groups in total. The monoisotopic (exact) mass is 166 g/mol. The molecule has 0 unspecified atom stereocenters. The highest BCUT2D eigenvalue weighted by Gasteiger charge is 1.93. The first-order valence-electron chi connectivity index (χ1n) is 3.65. The molecular formula is C9H14N2O. The largest absolute Gasteiger partial charge is 0.366 e. The van der Waals surface area contributed by atoms with Gasteiger partial charge in [0.15, 0.2) is 0 Å². The number of hydrogen-bond acceptors (Lipinski definition) is 2. The van der Waals surface area contributed by atoms with Crippen LogP contribution in [0.2, 0.25) is 0 Å². The van der Waals surface area contributed by atoms with E-state index in [2.05, 4.69) is 5.32 Å². The van der Waals surface area contributed by atoms with Crippen molar-refractivity contribution in [3.05, 3.63) is 35.9 Å². The maximum absolute atomic E-state index is 10.4. The van der Waals surface area contributed by atoms with E-state index in [1.165, 1.54) is 0 Å². The minimum absolute atomic E-state index is 0.379. The van der Waals surface area contributed by atoms with Crippen LogP contribution in [0.3, 0.4) is 0 Å². The average molecular weight is 166 g/mol. The Morgan fingerprint density at radius 3 is 1.92 bits per heavy atom. The second-order valence-electron chi connectivity index (χ2n) is 2.23. The Labute approximate surface area is 72.6 Å². The van der Waals surface area contributed by atoms with Crippen LogP contribution in [0.4, 0.5) is 0 Å². The Balaban J connectivity index is 0.000000354. The van der Waals surface area contributed by atoms with E-state index >= 15 is 0 Å². The number of nitrogens with one attached hydrogen (secondary N) is 1. The minimum atomic E-state index is -0.379. The zero-order valence-corrected chi connectivity index (χ0v) is 7.37. The molecule has 3 heteroatoms. The maximum atomic E-state index is 10.4. The fourth-order valence-electron chi connectivity index (χ4n) is 0.602. The van der Waals surface area contributed by atoms with Gasteiger partial charge in [0.05, 0.1) is 0 Å². The molecule has 0 aliphatic carbocycles. The third-order valence-electron chi connectivity index (χ3n) is 1.06. The molecule has 0 aromatic heterocycles. The molecular weight excluding hydrogens is 152 g/mol. The van der Waals surface area contributed by atoms with Crippen molar-refractivity contribution in [2.24, 2.45) is 5.73 Å². The Morgan fingerprint density at radius 2 is 1.67 bits per heavy atom. The zero-order valence-electron chi connectivity index (χ0n) is 7.37. The van der Waals surface area contributed by atoms with Gasteiger partial charge in [-0.05, 0) is 26.2 Å². The summed E-state index contributed by atoms with van der Waals surface area (Å²) >= 11 is 0. The Hall–Kier alpha value is -1.35. The molecule has 3 nitrogen and oxygen atoms in total. The summed E-state index contributed by atoms with van der Waals surface area (Å²) in [6, 6.07) is 8.76. The standard InChI is InChI=1S/C7H7NO.C2H7N/c8-7(9)6-4-2-1-3-5-6;1-3-2/h1-5H,(H2,8,9);3H,1-2H3. The van der Waals surface area contributed by atoms with Crippen molar-refractivity contribution in [2.45, 2.75) is 0 Å². The molecule has 0 bridgehead atoms. The fourth-order valence-corrected chi connectivity index (χ4v) is 0.602. The quantitative estimate of drug-likeness (QED) is 0.642. The van der Waals surface area contributed by atoms with Crippen molar-refractivity contribution in [3.63, 3.8) is 0 Å². The van der Waals surface area contributed by atoms with Gasteiger partial charge in [-0.15, -0.1) is 0 Å². The van der Waals surface area contributed by atoms with E-state index in [1.807, 2.05) is 20.2 Å². The smallest absolute Gasteiger partial charge is 0.248 e. The first-order valence-corrected chi connectivity index (χ1v) is 3.65. The van der Waals surface area contributed by atoms with Gasteiger partial charge in [-0.2, -0.15) is 0 Å². The lowest BCUT2D eigenvalue weighted by atomic mass is 10.2. The van der Waals surface area contributed by atoms with Crippen LogP contribution < -0.4 is 11.1 Å². The van der Waals surface area contributed by atoms with E-state index in [9.17, 15) is 4.79 Å². The van der Waals surface area contributed by atoms with Crippen LogP contribution in [-0.2, 0) is 0 Å². The number of hydrogen-bond donors (Lipinski definition) is 2. The molecule has 0 aliphatic heterocycles. The van der Waals surface area contributed by atoms with Gasteiger partial charge in [-0.3, -0.25) is 4.79 Å². The molecule has 1 aromatic carbocycles. The Bertz CT molecular complexity index is 221. The molecule has 1 rings (SSSR count). The molecule has 0 radical (unpaired) electrons. The number of nitrogens with two attached hydrogens (primary N) is 1. The molecule has 0 heterocycles. The second-order valence-corrected chi connectivity index (χ2v) is 2.23. The van der Waals surface area contributed by atoms with Crippen molar-refractivity contribution in [1.29, 1.82) is 0 Å². The van der Waals surface area contributed by atoms with Crippen molar-refractivity contribution in [3.8, 4) is 0 Å². The van der Waals surface area contributed by atoms with Gasteiger partial charge in [0.1, 0.15) is 0 Å². The number of carbonyl (C=O) groups is 1. The summed E-state index contributed by atoms with van der Waals surface area (Å²) in [4.78, 5) is 10.4.